The van der Waals surface area contributed by atoms with E-state index in [1.807, 2.05) is 6.07 Å². The second-order valence-electron chi connectivity index (χ2n) is 5.18. The Morgan fingerprint density at radius 2 is 2.19 bits per heavy atom. The summed E-state index contributed by atoms with van der Waals surface area (Å²) in [6.45, 7) is 0.0130. The molecule has 0 aromatic heterocycles. The van der Waals surface area contributed by atoms with Crippen LogP contribution in [0.15, 0.2) is 41.0 Å². The van der Waals surface area contributed by atoms with Crippen LogP contribution in [0.4, 0.5) is 8.78 Å². The fourth-order valence-corrected chi connectivity index (χ4v) is 2.77. The number of hydrogen-bond donors (Lipinski definition) is 1. The van der Waals surface area contributed by atoms with Crippen molar-refractivity contribution in [2.75, 3.05) is 6.61 Å². The molecular formula is C17H15ClF2N2O4. The van der Waals surface area contributed by atoms with Crippen molar-refractivity contribution in [2.45, 2.75) is 26.4 Å². The van der Waals surface area contributed by atoms with Gasteiger partial charge >= 0.3 is 12.6 Å². The van der Waals surface area contributed by atoms with Gasteiger partial charge in [-0.15, -0.1) is 0 Å². The molecule has 138 valence electrons. The summed E-state index contributed by atoms with van der Waals surface area (Å²) >= 11 is 5.86. The Morgan fingerprint density at radius 3 is 2.77 bits per heavy atom. The fraction of sp³-hybridized carbons (Fsp3) is 0.294. The molecule has 0 amide bonds. The first-order valence-electron chi connectivity index (χ1n) is 7.49. The number of hydrogen-bond acceptors (Lipinski definition) is 6. The van der Waals surface area contributed by atoms with Crippen molar-refractivity contribution in [1.82, 2.24) is 0 Å². The van der Waals surface area contributed by atoms with Gasteiger partial charge in [-0.2, -0.15) is 14.0 Å². The normalized spacial score (nSPS) is 17.0. The van der Waals surface area contributed by atoms with Crippen LogP contribution in [0.25, 0.3) is 0 Å². The fourth-order valence-electron chi connectivity index (χ4n) is 2.61. The molecule has 0 aliphatic carbocycles. The van der Waals surface area contributed by atoms with Crippen LogP contribution in [0, 0.1) is 11.3 Å². The van der Waals surface area contributed by atoms with E-state index >= 15 is 0 Å². The first-order chi connectivity index (χ1) is 12.3. The molecule has 1 atom stereocenters. The lowest BCUT2D eigenvalue weighted by molar-refractivity contribution is -0.139. The standard InChI is InChI=1S/C17H15ClF2N2O4/c1-3-24-16(23)13-8(2)25-15(22)11(7-21)14(13)10-5-4-9(18)6-12(10)26-17(19)20/h4-6,14,17H,3,22H2,1-2H3. The number of nitrogens with zero attached hydrogens (tertiary/aromatic N) is 1. The molecule has 1 unspecified atom stereocenters. The summed E-state index contributed by atoms with van der Waals surface area (Å²) < 4.78 is 40.4. The molecule has 6 nitrogen and oxygen atoms in total. The largest absolute Gasteiger partial charge is 0.463 e. The van der Waals surface area contributed by atoms with Gasteiger partial charge in [0.1, 0.15) is 23.2 Å². The van der Waals surface area contributed by atoms with Crippen molar-refractivity contribution in [3.05, 3.63) is 51.6 Å². The van der Waals surface area contributed by atoms with Crippen molar-refractivity contribution >= 4 is 17.6 Å². The lowest BCUT2D eigenvalue weighted by Crippen LogP contribution is -2.26. The number of alkyl halides is 2. The minimum atomic E-state index is -3.13. The van der Waals surface area contributed by atoms with E-state index in [0.717, 1.165) is 0 Å². The third-order valence-electron chi connectivity index (χ3n) is 3.60. The summed E-state index contributed by atoms with van der Waals surface area (Å²) in [5.74, 6) is -2.27. The highest BCUT2D eigenvalue weighted by Gasteiger charge is 2.38. The average molecular weight is 385 g/mol. The Morgan fingerprint density at radius 1 is 1.50 bits per heavy atom. The highest BCUT2D eigenvalue weighted by molar-refractivity contribution is 6.30. The Kier molecular flexibility index (Phi) is 6.05. The summed E-state index contributed by atoms with van der Waals surface area (Å²) in [6, 6.07) is 5.83. The zero-order chi connectivity index (χ0) is 19.4. The molecule has 0 bridgehead atoms. The molecular weight excluding hydrogens is 370 g/mol. The van der Waals surface area contributed by atoms with Crippen LogP contribution in [0.5, 0.6) is 5.75 Å². The average Bonchev–Trinajstić information content (AvgIpc) is 2.54. The number of allylic oxidation sites excluding steroid dienone is 2. The lowest BCUT2D eigenvalue weighted by Gasteiger charge is -2.28. The Bertz CT molecular complexity index is 831. The number of nitrogens with two attached hydrogens (primary N) is 1. The third kappa shape index (κ3) is 3.89. The van der Waals surface area contributed by atoms with Crippen LogP contribution in [-0.2, 0) is 14.3 Å². The van der Waals surface area contributed by atoms with Crippen LogP contribution in [0.1, 0.15) is 25.3 Å². The number of esters is 1. The maximum Gasteiger partial charge on any atom is 0.387 e. The van der Waals surface area contributed by atoms with E-state index in [1.54, 1.807) is 6.92 Å². The molecule has 26 heavy (non-hydrogen) atoms. The second-order valence-corrected chi connectivity index (χ2v) is 5.61. The van der Waals surface area contributed by atoms with E-state index in [9.17, 15) is 18.8 Å². The first kappa shape index (κ1) is 19.5. The Balaban J connectivity index is 2.70. The Hall–Kier alpha value is -2.79. The second kappa shape index (κ2) is 8.06. The summed E-state index contributed by atoms with van der Waals surface area (Å²) in [5.41, 5.74) is 5.72. The molecule has 2 rings (SSSR count). The van der Waals surface area contributed by atoms with Crippen LogP contribution < -0.4 is 10.5 Å². The summed E-state index contributed by atoms with van der Waals surface area (Å²) in [5, 5.41) is 9.62. The van der Waals surface area contributed by atoms with Gasteiger partial charge in [-0.1, -0.05) is 17.7 Å². The maximum atomic E-state index is 12.8. The molecule has 0 spiro atoms. The zero-order valence-corrected chi connectivity index (χ0v) is 14.6. The topological polar surface area (TPSA) is 94.6 Å². The maximum absolute atomic E-state index is 12.8. The molecule has 9 heteroatoms. The smallest absolute Gasteiger partial charge is 0.387 e. The van der Waals surface area contributed by atoms with Gasteiger partial charge in [-0.3, -0.25) is 0 Å². The predicted molar refractivity (Wildman–Crippen MR) is 88.1 cm³/mol. The van der Waals surface area contributed by atoms with Gasteiger partial charge in [0.05, 0.1) is 18.1 Å². The number of rotatable bonds is 5. The van der Waals surface area contributed by atoms with Gasteiger partial charge in [0.2, 0.25) is 5.88 Å². The number of halogens is 3. The van der Waals surface area contributed by atoms with Crippen molar-refractivity contribution < 1.29 is 27.8 Å². The van der Waals surface area contributed by atoms with Crippen LogP contribution in [0.3, 0.4) is 0 Å². The molecule has 1 aromatic rings. The monoisotopic (exact) mass is 384 g/mol. The van der Waals surface area contributed by atoms with Crippen LogP contribution in [-0.4, -0.2) is 19.2 Å². The van der Waals surface area contributed by atoms with Crippen molar-refractivity contribution in [3.8, 4) is 11.8 Å². The molecule has 1 heterocycles. The van der Waals surface area contributed by atoms with Crippen molar-refractivity contribution in [2.24, 2.45) is 5.73 Å². The molecule has 0 radical (unpaired) electrons. The molecule has 0 saturated heterocycles. The lowest BCUT2D eigenvalue weighted by atomic mass is 9.82. The predicted octanol–water partition coefficient (Wildman–Crippen LogP) is 3.59. The third-order valence-corrected chi connectivity index (χ3v) is 3.84. The Labute approximate surface area is 153 Å². The van der Waals surface area contributed by atoms with E-state index in [0.29, 0.717) is 0 Å². The van der Waals surface area contributed by atoms with Gasteiger partial charge < -0.3 is 19.9 Å². The van der Waals surface area contributed by atoms with E-state index in [-0.39, 0.29) is 45.7 Å². The molecule has 0 fully saturated rings. The minimum absolute atomic E-state index is 0.0287. The van der Waals surface area contributed by atoms with Gasteiger partial charge in [-0.05, 0) is 26.0 Å². The molecule has 0 saturated carbocycles. The number of carbonyl (C=O) groups is 1. The SMILES string of the molecule is CCOC(=O)C1=C(C)OC(N)=C(C#N)C1c1ccc(Cl)cc1OC(F)F. The summed E-state index contributed by atoms with van der Waals surface area (Å²) in [7, 11) is 0. The quantitative estimate of drug-likeness (QED) is 0.779. The van der Waals surface area contributed by atoms with Crippen LogP contribution >= 0.6 is 11.6 Å². The number of carbonyl (C=O) groups excluding carboxylic acids is 1. The number of ether oxygens (including phenoxy) is 3. The molecule has 1 aromatic carbocycles. The van der Waals surface area contributed by atoms with Crippen molar-refractivity contribution in [1.29, 1.82) is 5.26 Å². The van der Waals surface area contributed by atoms with Gasteiger partial charge in [0.15, 0.2) is 0 Å². The van der Waals surface area contributed by atoms with E-state index in [2.05, 4.69) is 4.74 Å². The van der Waals surface area contributed by atoms with Gasteiger partial charge in [0.25, 0.3) is 0 Å². The summed E-state index contributed by atoms with van der Waals surface area (Å²) in [6.07, 6.45) is 0. The van der Waals surface area contributed by atoms with Gasteiger partial charge in [0, 0.05) is 10.6 Å². The first-order valence-corrected chi connectivity index (χ1v) is 7.87. The highest BCUT2D eigenvalue weighted by atomic mass is 35.5. The number of nitriles is 1. The van der Waals surface area contributed by atoms with E-state index in [1.165, 1.54) is 25.1 Å². The van der Waals surface area contributed by atoms with Crippen LogP contribution in [0.2, 0.25) is 5.02 Å². The van der Waals surface area contributed by atoms with E-state index in [4.69, 9.17) is 26.8 Å². The molecule has 2 N–H and O–H groups in total. The molecule has 1 aliphatic rings. The van der Waals surface area contributed by atoms with E-state index < -0.39 is 18.5 Å². The van der Waals surface area contributed by atoms with Crippen molar-refractivity contribution in [3.63, 3.8) is 0 Å². The number of benzene rings is 1. The molecule has 1 aliphatic heterocycles. The highest BCUT2D eigenvalue weighted by Crippen LogP contribution is 2.44. The minimum Gasteiger partial charge on any atom is -0.463 e. The van der Waals surface area contributed by atoms with Gasteiger partial charge in [-0.25, -0.2) is 4.79 Å². The zero-order valence-electron chi connectivity index (χ0n) is 13.9. The summed E-state index contributed by atoms with van der Waals surface area (Å²) in [4.78, 5) is 12.4.